The summed E-state index contributed by atoms with van der Waals surface area (Å²) < 4.78 is 11.0. The number of imide groups is 1. The summed E-state index contributed by atoms with van der Waals surface area (Å²) in [4.78, 5) is 61.9. The number of fused-ring (bicyclic) bond motifs is 1. The number of anilines is 1. The minimum Gasteiger partial charge on any atom is -0.481 e. The van der Waals surface area contributed by atoms with Gasteiger partial charge in [-0.05, 0) is 42.7 Å². The number of carboxylic acid groups (broad SMARTS) is 1. The second-order valence-electron chi connectivity index (χ2n) is 11.0. The van der Waals surface area contributed by atoms with Crippen molar-refractivity contribution in [1.82, 2.24) is 19.7 Å². The molecule has 1 aromatic heterocycles. The Hall–Kier alpha value is -4.19. The lowest BCUT2D eigenvalue weighted by molar-refractivity contribution is -0.143. The van der Waals surface area contributed by atoms with E-state index in [0.717, 1.165) is 23.3 Å². The molecule has 1 aromatic carbocycles. The van der Waals surface area contributed by atoms with Crippen molar-refractivity contribution in [3.05, 3.63) is 48.3 Å². The van der Waals surface area contributed by atoms with Crippen LogP contribution in [0.25, 0.3) is 0 Å². The van der Waals surface area contributed by atoms with Crippen molar-refractivity contribution in [3.63, 3.8) is 0 Å². The third-order valence-corrected chi connectivity index (χ3v) is 8.41. The van der Waals surface area contributed by atoms with Crippen molar-refractivity contribution >= 4 is 29.5 Å². The largest absolute Gasteiger partial charge is 0.481 e. The fourth-order valence-corrected chi connectivity index (χ4v) is 6.13. The molecule has 42 heavy (non-hydrogen) atoms. The molecule has 0 spiro atoms. The van der Waals surface area contributed by atoms with Gasteiger partial charge in [0.2, 0.25) is 18.6 Å². The molecule has 3 aliphatic rings. The van der Waals surface area contributed by atoms with E-state index in [0.29, 0.717) is 36.7 Å². The Bertz CT molecular complexity index is 1320. The van der Waals surface area contributed by atoms with Gasteiger partial charge in [0, 0.05) is 57.8 Å². The predicted molar refractivity (Wildman–Crippen MR) is 152 cm³/mol. The number of rotatable bonds is 11. The normalized spacial score (nSPS) is 22.1. The number of pyridine rings is 1. The summed E-state index contributed by atoms with van der Waals surface area (Å²) in [5, 5.41) is 10.5. The molecule has 3 aliphatic heterocycles. The van der Waals surface area contributed by atoms with Crippen LogP contribution in [0.4, 0.5) is 10.5 Å². The van der Waals surface area contributed by atoms with Gasteiger partial charge in [-0.25, -0.2) is 4.79 Å². The Morgan fingerprint density at radius 3 is 2.71 bits per heavy atom. The zero-order valence-electron chi connectivity index (χ0n) is 24.0. The van der Waals surface area contributed by atoms with Crippen molar-refractivity contribution in [2.45, 2.75) is 44.6 Å². The van der Waals surface area contributed by atoms with E-state index in [4.69, 9.17) is 9.47 Å². The molecule has 0 aliphatic carbocycles. The third kappa shape index (κ3) is 6.03. The Morgan fingerprint density at radius 2 is 1.98 bits per heavy atom. The number of carbonyl (C=O) groups excluding carboxylic acids is 3. The molecule has 5 rings (SSSR count). The van der Waals surface area contributed by atoms with Gasteiger partial charge >= 0.3 is 12.0 Å². The monoisotopic (exact) mass is 579 g/mol. The number of hydrogen-bond donors (Lipinski definition) is 1. The molecule has 3 atom stereocenters. The molecule has 4 heterocycles. The molecule has 0 saturated carbocycles. The second-order valence-corrected chi connectivity index (χ2v) is 11.0. The number of carbonyl (C=O) groups is 4. The quantitative estimate of drug-likeness (QED) is 0.427. The molecule has 0 bridgehead atoms. The highest BCUT2D eigenvalue weighted by molar-refractivity contribution is 5.96. The molecule has 12 nitrogen and oxygen atoms in total. The number of benzene rings is 1. The minimum absolute atomic E-state index is 0.0143. The maximum Gasteiger partial charge on any atom is 0.326 e. The molecule has 1 unspecified atom stereocenters. The van der Waals surface area contributed by atoms with Gasteiger partial charge in [-0.1, -0.05) is 19.4 Å². The summed E-state index contributed by atoms with van der Waals surface area (Å²) in [5.74, 6) is -1.42. The van der Waals surface area contributed by atoms with E-state index in [1.165, 1.54) is 7.05 Å². The highest BCUT2D eigenvalue weighted by Gasteiger charge is 2.48. The summed E-state index contributed by atoms with van der Waals surface area (Å²) in [7, 11) is 1.45. The van der Waals surface area contributed by atoms with Gasteiger partial charge in [0.15, 0.2) is 11.5 Å². The predicted octanol–water partition coefficient (Wildman–Crippen LogP) is 2.79. The summed E-state index contributed by atoms with van der Waals surface area (Å²) >= 11 is 0. The summed E-state index contributed by atoms with van der Waals surface area (Å²) in [6.07, 6.45) is 5.58. The Balaban J connectivity index is 1.42. The Morgan fingerprint density at radius 1 is 1.17 bits per heavy atom. The maximum atomic E-state index is 13.8. The number of likely N-dealkylation sites (tertiary alicyclic amines) is 1. The van der Waals surface area contributed by atoms with Gasteiger partial charge in [0.25, 0.3) is 0 Å². The number of ether oxygens (including phenoxy) is 2. The van der Waals surface area contributed by atoms with Crippen molar-refractivity contribution in [2.75, 3.05) is 51.5 Å². The van der Waals surface area contributed by atoms with Crippen LogP contribution in [0.1, 0.15) is 44.1 Å². The third-order valence-electron chi connectivity index (χ3n) is 8.41. The lowest BCUT2D eigenvalue weighted by Crippen LogP contribution is -2.52. The average Bonchev–Trinajstić information content (AvgIpc) is 3.60. The van der Waals surface area contributed by atoms with Gasteiger partial charge in [0.1, 0.15) is 0 Å². The first-order valence-electron chi connectivity index (χ1n) is 14.4. The SMILES string of the molecule is CCCCN(C(=O)CN1C[C@H](c2ccc3c(c2)OCO3)C(C(=O)O)[C@@H]1CCN1CCC(=O)N(C)C1=O)c1cccnc1. The van der Waals surface area contributed by atoms with Crippen LogP contribution in [0.5, 0.6) is 11.5 Å². The number of nitrogens with zero attached hydrogens (tertiary/aromatic N) is 5. The number of amides is 4. The molecular weight excluding hydrogens is 542 g/mol. The molecule has 2 aromatic rings. The number of urea groups is 1. The highest BCUT2D eigenvalue weighted by atomic mass is 16.7. The maximum absolute atomic E-state index is 13.8. The fourth-order valence-electron chi connectivity index (χ4n) is 6.13. The van der Waals surface area contributed by atoms with E-state index in [1.807, 2.05) is 23.1 Å². The molecule has 224 valence electrons. The van der Waals surface area contributed by atoms with Crippen LogP contribution < -0.4 is 14.4 Å². The van der Waals surface area contributed by atoms with Crippen LogP contribution in [0, 0.1) is 5.92 Å². The second kappa shape index (κ2) is 12.8. The summed E-state index contributed by atoms with van der Waals surface area (Å²) in [5.41, 5.74) is 1.49. The zero-order valence-corrected chi connectivity index (χ0v) is 24.0. The van der Waals surface area contributed by atoms with Crippen LogP contribution in [0.3, 0.4) is 0 Å². The van der Waals surface area contributed by atoms with E-state index < -0.39 is 29.9 Å². The van der Waals surface area contributed by atoms with Crippen LogP contribution in [0.2, 0.25) is 0 Å². The first-order valence-corrected chi connectivity index (χ1v) is 14.4. The molecular formula is C30H37N5O7. The van der Waals surface area contributed by atoms with Gasteiger partial charge in [0.05, 0.1) is 24.3 Å². The van der Waals surface area contributed by atoms with E-state index in [2.05, 4.69) is 11.9 Å². The van der Waals surface area contributed by atoms with Crippen LogP contribution in [0.15, 0.2) is 42.7 Å². The molecule has 1 N–H and O–H groups in total. The van der Waals surface area contributed by atoms with Crippen LogP contribution >= 0.6 is 0 Å². The smallest absolute Gasteiger partial charge is 0.326 e. The highest BCUT2D eigenvalue weighted by Crippen LogP contribution is 2.43. The first kappa shape index (κ1) is 29.3. The minimum atomic E-state index is -0.968. The first-order chi connectivity index (χ1) is 20.3. The fraction of sp³-hybridized carbons (Fsp3) is 0.500. The number of aliphatic carboxylic acids is 1. The van der Waals surface area contributed by atoms with Gasteiger partial charge in [-0.15, -0.1) is 0 Å². The summed E-state index contributed by atoms with van der Waals surface area (Å²) in [6, 6.07) is 8.17. The van der Waals surface area contributed by atoms with Crippen LogP contribution in [-0.2, 0) is 14.4 Å². The lowest BCUT2D eigenvalue weighted by atomic mass is 9.84. The van der Waals surface area contributed by atoms with Crippen molar-refractivity contribution in [1.29, 1.82) is 0 Å². The number of unbranched alkanes of at least 4 members (excludes halogenated alkanes) is 1. The molecule has 0 radical (unpaired) electrons. The van der Waals surface area contributed by atoms with Crippen molar-refractivity contribution in [3.8, 4) is 11.5 Å². The van der Waals surface area contributed by atoms with Gasteiger partial charge in [-0.2, -0.15) is 0 Å². The number of carboxylic acids is 1. The Labute approximate surface area is 244 Å². The lowest BCUT2D eigenvalue weighted by Gasteiger charge is -2.34. The molecule has 2 fully saturated rings. The number of hydrogen-bond acceptors (Lipinski definition) is 8. The van der Waals surface area contributed by atoms with E-state index in [1.54, 1.807) is 34.3 Å². The number of aromatic nitrogens is 1. The van der Waals surface area contributed by atoms with E-state index >= 15 is 0 Å². The summed E-state index contributed by atoms with van der Waals surface area (Å²) in [6.45, 7) is 3.60. The average molecular weight is 580 g/mol. The van der Waals surface area contributed by atoms with Crippen LogP contribution in [-0.4, -0.2) is 101 Å². The zero-order chi connectivity index (χ0) is 29.8. The molecule has 12 heteroatoms. The topological polar surface area (TPSA) is 133 Å². The van der Waals surface area contributed by atoms with E-state index in [9.17, 15) is 24.3 Å². The van der Waals surface area contributed by atoms with Gasteiger partial charge < -0.3 is 24.4 Å². The standard InChI is InChI=1S/C30H37N5O7/c1-3-4-12-35(21-6-5-11-31-16-21)27(37)18-34-17-22(20-7-8-24-25(15-20)42-19-41-24)28(29(38)39)23(34)9-13-33-14-10-26(36)32(2)30(33)40/h5-8,11,15-16,22-23,28H,3-4,9-10,12-14,17-19H2,1-2H3,(H,38,39)/t22-,23+,28?/m1/s1. The molecule has 4 amide bonds. The molecule has 2 saturated heterocycles. The Kier molecular flexibility index (Phi) is 8.91. The van der Waals surface area contributed by atoms with Crippen molar-refractivity contribution in [2.24, 2.45) is 5.92 Å². The van der Waals surface area contributed by atoms with Gasteiger partial charge in [-0.3, -0.25) is 29.2 Å². The van der Waals surface area contributed by atoms with E-state index in [-0.39, 0.29) is 44.7 Å². The van der Waals surface area contributed by atoms with Crippen molar-refractivity contribution < 1.29 is 33.8 Å².